The number of carbonyl (C=O) groups excluding carboxylic acids is 1. The summed E-state index contributed by atoms with van der Waals surface area (Å²) in [5.74, 6) is -0.222. The first-order valence-electron chi connectivity index (χ1n) is 8.68. The number of halogens is 2. The van der Waals surface area contributed by atoms with Gasteiger partial charge in [0.25, 0.3) is 11.3 Å². The maximum Gasteiger partial charge on any atom is 0.266 e. The molecule has 1 N–H and O–H groups in total. The van der Waals surface area contributed by atoms with Gasteiger partial charge in [-0.05, 0) is 34.1 Å². The highest BCUT2D eigenvalue weighted by atomic mass is 79.9. The summed E-state index contributed by atoms with van der Waals surface area (Å²) in [5.41, 5.74) is 1.35. The van der Waals surface area contributed by atoms with Gasteiger partial charge in [-0.25, -0.2) is 4.98 Å². The minimum Gasteiger partial charge on any atom is -0.335 e. The molecule has 9 heteroatoms. The van der Waals surface area contributed by atoms with E-state index in [2.05, 4.69) is 31.4 Å². The van der Waals surface area contributed by atoms with Gasteiger partial charge in [-0.1, -0.05) is 47.1 Å². The van der Waals surface area contributed by atoms with E-state index in [1.54, 1.807) is 30.3 Å². The average molecular weight is 474 g/mol. The van der Waals surface area contributed by atoms with Crippen LogP contribution in [0.1, 0.15) is 6.42 Å². The zero-order valence-electron chi connectivity index (χ0n) is 14.9. The highest BCUT2D eigenvalue weighted by Crippen LogP contribution is 2.30. The van der Waals surface area contributed by atoms with Crippen molar-refractivity contribution >= 4 is 50.2 Å². The molecule has 0 atom stereocenters. The van der Waals surface area contributed by atoms with Crippen molar-refractivity contribution in [2.24, 2.45) is 0 Å². The molecule has 0 saturated carbocycles. The molecule has 0 radical (unpaired) electrons. The summed E-state index contributed by atoms with van der Waals surface area (Å²) < 4.78 is 7.34. The molecule has 0 bridgehead atoms. The van der Waals surface area contributed by atoms with E-state index in [0.29, 0.717) is 22.0 Å². The number of carbonyl (C=O) groups is 1. The van der Waals surface area contributed by atoms with Gasteiger partial charge in [0, 0.05) is 23.0 Å². The molecule has 0 unspecified atom stereocenters. The maximum absolute atomic E-state index is 13.0. The van der Waals surface area contributed by atoms with Crippen molar-refractivity contribution in [2.75, 3.05) is 5.32 Å². The van der Waals surface area contributed by atoms with Crippen LogP contribution in [-0.4, -0.2) is 20.6 Å². The fourth-order valence-corrected chi connectivity index (χ4v) is 3.48. The molecule has 0 aliphatic heterocycles. The number of amides is 1. The molecular weight excluding hydrogens is 460 g/mol. The highest BCUT2D eigenvalue weighted by molar-refractivity contribution is 9.10. The van der Waals surface area contributed by atoms with Crippen LogP contribution in [0.3, 0.4) is 0 Å². The van der Waals surface area contributed by atoms with Gasteiger partial charge < -0.3 is 9.84 Å². The van der Waals surface area contributed by atoms with E-state index >= 15 is 0 Å². The zero-order chi connectivity index (χ0) is 20.4. The van der Waals surface area contributed by atoms with Crippen LogP contribution in [0.5, 0.6) is 0 Å². The third-order valence-corrected chi connectivity index (χ3v) is 5.34. The zero-order valence-corrected chi connectivity index (χ0v) is 17.3. The predicted octanol–water partition coefficient (Wildman–Crippen LogP) is 4.50. The largest absolute Gasteiger partial charge is 0.335 e. The molecule has 4 rings (SSSR count). The number of anilines is 1. The summed E-state index contributed by atoms with van der Waals surface area (Å²) in [5, 5.41) is 7.45. The number of aryl methyl sites for hydroxylation is 1. The molecule has 146 valence electrons. The molecule has 2 aromatic heterocycles. The third kappa shape index (κ3) is 3.94. The third-order valence-electron chi connectivity index (χ3n) is 4.32. The Labute approximate surface area is 178 Å². The number of rotatable bonds is 5. The summed E-state index contributed by atoms with van der Waals surface area (Å²) in [7, 11) is 0. The highest BCUT2D eigenvalue weighted by Gasteiger charge is 2.19. The van der Waals surface area contributed by atoms with E-state index < -0.39 is 0 Å². The molecular formula is C20H14BrClN4O3. The first-order valence-corrected chi connectivity index (χ1v) is 9.86. The van der Waals surface area contributed by atoms with E-state index in [9.17, 15) is 9.59 Å². The first-order chi connectivity index (χ1) is 14.0. The lowest BCUT2D eigenvalue weighted by Crippen LogP contribution is -2.23. The SMILES string of the molecule is O=C(CCn1cnc2onc(-c3ccccc3Cl)c2c1=O)Nc1ccccc1Br. The van der Waals surface area contributed by atoms with Crippen molar-refractivity contribution in [1.82, 2.24) is 14.7 Å². The van der Waals surface area contributed by atoms with Gasteiger partial charge in [-0.3, -0.25) is 14.2 Å². The van der Waals surface area contributed by atoms with E-state index in [-0.39, 0.29) is 35.5 Å². The van der Waals surface area contributed by atoms with Gasteiger partial charge >= 0.3 is 0 Å². The minimum absolute atomic E-state index is 0.0983. The lowest BCUT2D eigenvalue weighted by molar-refractivity contribution is -0.116. The number of benzene rings is 2. The van der Waals surface area contributed by atoms with E-state index in [4.69, 9.17) is 16.1 Å². The second kappa shape index (κ2) is 8.18. The van der Waals surface area contributed by atoms with Crippen molar-refractivity contribution in [2.45, 2.75) is 13.0 Å². The number of nitrogens with one attached hydrogen (secondary N) is 1. The van der Waals surface area contributed by atoms with Crippen molar-refractivity contribution in [1.29, 1.82) is 0 Å². The van der Waals surface area contributed by atoms with Crippen LogP contribution in [0.4, 0.5) is 5.69 Å². The molecule has 0 spiro atoms. The molecule has 0 aliphatic rings. The summed E-state index contributed by atoms with van der Waals surface area (Å²) in [4.78, 5) is 29.4. The molecule has 29 heavy (non-hydrogen) atoms. The Morgan fingerprint density at radius 3 is 2.72 bits per heavy atom. The van der Waals surface area contributed by atoms with Gasteiger partial charge in [0.05, 0.1) is 10.7 Å². The molecule has 4 aromatic rings. The Balaban J connectivity index is 1.59. The average Bonchev–Trinajstić information content (AvgIpc) is 3.14. The van der Waals surface area contributed by atoms with Crippen molar-refractivity contribution in [3.63, 3.8) is 0 Å². The van der Waals surface area contributed by atoms with Gasteiger partial charge in [0.2, 0.25) is 5.91 Å². The topological polar surface area (TPSA) is 90.0 Å². The summed E-state index contributed by atoms with van der Waals surface area (Å²) in [6.07, 6.45) is 1.44. The standard InChI is InChI=1S/C20H14BrClN4O3/c21-13-6-2-4-8-15(13)24-16(27)9-10-26-11-23-19-17(20(26)28)18(25-29-19)12-5-1-3-7-14(12)22/h1-8,11H,9-10H2,(H,24,27). The summed E-state index contributed by atoms with van der Waals surface area (Å²) in [6.45, 7) is 0.158. The van der Waals surface area contributed by atoms with Gasteiger partial charge in [0.1, 0.15) is 17.4 Å². The number of aromatic nitrogens is 3. The molecule has 2 heterocycles. The Bertz CT molecular complexity index is 1270. The number of hydrogen-bond acceptors (Lipinski definition) is 5. The summed E-state index contributed by atoms with van der Waals surface area (Å²) in [6, 6.07) is 14.3. The molecule has 0 aliphatic carbocycles. The van der Waals surface area contributed by atoms with E-state index in [1.165, 1.54) is 10.9 Å². The smallest absolute Gasteiger partial charge is 0.266 e. The van der Waals surface area contributed by atoms with Crippen molar-refractivity contribution in [3.05, 3.63) is 74.7 Å². The molecule has 0 fully saturated rings. The van der Waals surface area contributed by atoms with Crippen LogP contribution in [0.15, 0.2) is 68.6 Å². The maximum atomic E-state index is 13.0. The van der Waals surface area contributed by atoms with Gasteiger partial charge in [0.15, 0.2) is 0 Å². The van der Waals surface area contributed by atoms with Crippen molar-refractivity contribution < 1.29 is 9.32 Å². The van der Waals surface area contributed by atoms with Crippen LogP contribution in [0.2, 0.25) is 5.02 Å². The Morgan fingerprint density at radius 1 is 1.17 bits per heavy atom. The number of fused-ring (bicyclic) bond motifs is 1. The minimum atomic E-state index is -0.347. The first kappa shape index (κ1) is 19.4. The molecule has 0 saturated heterocycles. The Morgan fingerprint density at radius 2 is 1.93 bits per heavy atom. The Kier molecular flexibility index (Phi) is 5.46. The number of hydrogen-bond donors (Lipinski definition) is 1. The molecule has 1 amide bonds. The monoisotopic (exact) mass is 472 g/mol. The van der Waals surface area contributed by atoms with Gasteiger partial charge in [-0.2, -0.15) is 0 Å². The fraction of sp³-hybridized carbons (Fsp3) is 0.100. The number of nitrogens with zero attached hydrogens (tertiary/aromatic N) is 3. The lowest BCUT2D eigenvalue weighted by atomic mass is 10.1. The molecule has 7 nitrogen and oxygen atoms in total. The lowest BCUT2D eigenvalue weighted by Gasteiger charge is -2.08. The van der Waals surface area contributed by atoms with Gasteiger partial charge in [-0.15, -0.1) is 0 Å². The van der Waals surface area contributed by atoms with Crippen LogP contribution in [-0.2, 0) is 11.3 Å². The summed E-state index contributed by atoms with van der Waals surface area (Å²) >= 11 is 9.62. The predicted molar refractivity (Wildman–Crippen MR) is 114 cm³/mol. The second-order valence-corrected chi connectivity index (χ2v) is 7.47. The van der Waals surface area contributed by atoms with Crippen LogP contribution < -0.4 is 10.9 Å². The van der Waals surface area contributed by atoms with Crippen molar-refractivity contribution in [3.8, 4) is 11.3 Å². The van der Waals surface area contributed by atoms with Crippen LogP contribution >= 0.6 is 27.5 Å². The fourth-order valence-electron chi connectivity index (χ4n) is 2.87. The molecule has 2 aromatic carbocycles. The quantitative estimate of drug-likeness (QED) is 0.461. The van der Waals surface area contributed by atoms with E-state index in [1.807, 2.05) is 18.2 Å². The van der Waals surface area contributed by atoms with Crippen LogP contribution in [0.25, 0.3) is 22.4 Å². The second-order valence-electron chi connectivity index (χ2n) is 6.21. The normalized spacial score (nSPS) is 11.0. The number of para-hydroxylation sites is 1. The Hall–Kier alpha value is -2.97. The van der Waals surface area contributed by atoms with E-state index in [0.717, 1.165) is 4.47 Å². The van der Waals surface area contributed by atoms with Crippen LogP contribution in [0, 0.1) is 0 Å².